The zero-order chi connectivity index (χ0) is 16.4. The Bertz CT molecular complexity index is 703. The van der Waals surface area contributed by atoms with E-state index in [4.69, 9.17) is 4.74 Å². The number of morpholine rings is 1. The van der Waals surface area contributed by atoms with Crippen LogP contribution in [0.5, 0.6) is 0 Å². The van der Waals surface area contributed by atoms with Crippen LogP contribution in [0.25, 0.3) is 5.65 Å². The summed E-state index contributed by atoms with van der Waals surface area (Å²) in [6.45, 7) is 3.23. The van der Waals surface area contributed by atoms with Crippen molar-refractivity contribution >= 4 is 11.6 Å². The molecule has 0 radical (unpaired) electrons. The van der Waals surface area contributed by atoms with Crippen molar-refractivity contribution < 1.29 is 14.6 Å². The number of nitrogens with zero attached hydrogens (tertiary/aromatic N) is 4. The molecule has 124 valence electrons. The SMILES string of the molecule is C[C@@H]1COC[C@@](CO)(CNC(=O)c2cccc3nncn23)N1C. The van der Waals surface area contributed by atoms with E-state index in [2.05, 4.69) is 20.4 Å². The molecule has 2 aromatic rings. The highest BCUT2D eigenvalue weighted by atomic mass is 16.5. The van der Waals surface area contributed by atoms with E-state index in [1.807, 2.05) is 14.0 Å². The van der Waals surface area contributed by atoms with Crippen molar-refractivity contribution in [2.75, 3.05) is 33.4 Å². The van der Waals surface area contributed by atoms with Crippen LogP contribution in [0, 0.1) is 0 Å². The first-order valence-corrected chi connectivity index (χ1v) is 7.56. The number of hydrogen-bond acceptors (Lipinski definition) is 6. The summed E-state index contributed by atoms with van der Waals surface area (Å²) in [5.41, 5.74) is 0.447. The first-order valence-electron chi connectivity index (χ1n) is 7.56. The van der Waals surface area contributed by atoms with Crippen molar-refractivity contribution in [3.8, 4) is 0 Å². The number of carbonyl (C=O) groups is 1. The molecular formula is C15H21N5O3. The lowest BCUT2D eigenvalue weighted by molar-refractivity contribution is -0.105. The first kappa shape index (κ1) is 15.9. The summed E-state index contributed by atoms with van der Waals surface area (Å²) >= 11 is 0. The highest BCUT2D eigenvalue weighted by molar-refractivity contribution is 5.93. The molecule has 0 spiro atoms. The molecule has 0 aromatic carbocycles. The van der Waals surface area contributed by atoms with Crippen LogP contribution in [0.1, 0.15) is 17.4 Å². The Morgan fingerprint density at radius 2 is 2.39 bits per heavy atom. The monoisotopic (exact) mass is 319 g/mol. The van der Waals surface area contributed by atoms with Crippen molar-refractivity contribution in [1.29, 1.82) is 0 Å². The molecule has 0 unspecified atom stereocenters. The number of pyridine rings is 1. The summed E-state index contributed by atoms with van der Waals surface area (Å²) in [5, 5.41) is 20.5. The fourth-order valence-corrected chi connectivity index (χ4v) is 2.86. The van der Waals surface area contributed by atoms with Crippen LogP contribution in [-0.4, -0.2) is 75.5 Å². The van der Waals surface area contributed by atoms with Gasteiger partial charge < -0.3 is 15.2 Å². The molecule has 1 aliphatic heterocycles. The normalized spacial score (nSPS) is 25.6. The predicted octanol–water partition coefficient (Wildman–Crippen LogP) is -0.459. The van der Waals surface area contributed by atoms with Crippen LogP contribution in [0.3, 0.4) is 0 Å². The highest BCUT2D eigenvalue weighted by Crippen LogP contribution is 2.21. The van der Waals surface area contributed by atoms with Gasteiger partial charge in [-0.05, 0) is 26.1 Å². The van der Waals surface area contributed by atoms with E-state index >= 15 is 0 Å². The van der Waals surface area contributed by atoms with E-state index < -0.39 is 5.54 Å². The molecule has 8 nitrogen and oxygen atoms in total. The van der Waals surface area contributed by atoms with Gasteiger partial charge in [-0.2, -0.15) is 0 Å². The summed E-state index contributed by atoms with van der Waals surface area (Å²) in [4.78, 5) is 14.6. The second-order valence-corrected chi connectivity index (χ2v) is 6.01. The molecule has 2 N–H and O–H groups in total. The first-order chi connectivity index (χ1) is 11.1. The lowest BCUT2D eigenvalue weighted by Crippen LogP contribution is -2.65. The number of aliphatic hydroxyl groups is 1. The Labute approximate surface area is 134 Å². The van der Waals surface area contributed by atoms with Crippen molar-refractivity contribution in [3.63, 3.8) is 0 Å². The lowest BCUT2D eigenvalue weighted by atomic mass is 9.96. The summed E-state index contributed by atoms with van der Waals surface area (Å²) in [6.07, 6.45) is 1.50. The molecule has 2 atom stereocenters. The summed E-state index contributed by atoms with van der Waals surface area (Å²) in [6, 6.07) is 5.43. The highest BCUT2D eigenvalue weighted by Gasteiger charge is 2.40. The summed E-state index contributed by atoms with van der Waals surface area (Å²) in [5.74, 6) is -0.241. The number of aromatic nitrogens is 3. The van der Waals surface area contributed by atoms with E-state index in [0.29, 0.717) is 31.1 Å². The minimum atomic E-state index is -0.617. The van der Waals surface area contributed by atoms with Gasteiger partial charge in [-0.3, -0.25) is 14.1 Å². The van der Waals surface area contributed by atoms with Crippen molar-refractivity contribution in [3.05, 3.63) is 30.2 Å². The maximum atomic E-state index is 12.5. The zero-order valence-electron chi connectivity index (χ0n) is 13.3. The predicted molar refractivity (Wildman–Crippen MR) is 83.2 cm³/mol. The molecule has 0 aliphatic carbocycles. The van der Waals surface area contributed by atoms with Gasteiger partial charge >= 0.3 is 0 Å². The van der Waals surface area contributed by atoms with Crippen LogP contribution in [0.15, 0.2) is 24.5 Å². The van der Waals surface area contributed by atoms with Gasteiger partial charge in [-0.15, -0.1) is 10.2 Å². The minimum Gasteiger partial charge on any atom is -0.394 e. The summed E-state index contributed by atoms with van der Waals surface area (Å²) < 4.78 is 7.21. The molecule has 1 aliphatic rings. The Morgan fingerprint density at radius 3 is 3.17 bits per heavy atom. The number of aliphatic hydroxyl groups excluding tert-OH is 1. The summed E-state index contributed by atoms with van der Waals surface area (Å²) in [7, 11) is 1.94. The quantitative estimate of drug-likeness (QED) is 0.792. The van der Waals surface area contributed by atoms with Crippen LogP contribution < -0.4 is 5.32 Å². The Hall–Kier alpha value is -2.03. The van der Waals surface area contributed by atoms with Gasteiger partial charge in [0, 0.05) is 12.6 Å². The van der Waals surface area contributed by atoms with Gasteiger partial charge in [0.05, 0.1) is 25.4 Å². The van der Waals surface area contributed by atoms with Crippen LogP contribution >= 0.6 is 0 Å². The molecule has 0 saturated carbocycles. The number of hydrogen-bond donors (Lipinski definition) is 2. The van der Waals surface area contributed by atoms with E-state index in [1.165, 1.54) is 6.33 Å². The fraction of sp³-hybridized carbons (Fsp3) is 0.533. The maximum absolute atomic E-state index is 12.5. The average Bonchev–Trinajstić information content (AvgIpc) is 3.05. The maximum Gasteiger partial charge on any atom is 0.268 e. The van der Waals surface area contributed by atoms with E-state index in [0.717, 1.165) is 0 Å². The molecule has 3 rings (SSSR count). The lowest BCUT2D eigenvalue weighted by Gasteiger charge is -2.47. The third-order valence-electron chi connectivity index (χ3n) is 4.58. The third-order valence-corrected chi connectivity index (χ3v) is 4.58. The second kappa shape index (κ2) is 6.23. The average molecular weight is 319 g/mol. The molecule has 0 bridgehead atoms. The molecule has 3 heterocycles. The van der Waals surface area contributed by atoms with Crippen LogP contribution in [0.4, 0.5) is 0 Å². The number of carbonyl (C=O) groups excluding carboxylic acids is 1. The van der Waals surface area contributed by atoms with Crippen LogP contribution in [0.2, 0.25) is 0 Å². The minimum absolute atomic E-state index is 0.0923. The van der Waals surface area contributed by atoms with Gasteiger partial charge in [0.15, 0.2) is 5.65 Å². The number of ether oxygens (including phenoxy) is 1. The second-order valence-electron chi connectivity index (χ2n) is 6.01. The molecule has 1 fully saturated rings. The fourth-order valence-electron chi connectivity index (χ4n) is 2.86. The molecule has 2 aromatic heterocycles. The van der Waals surface area contributed by atoms with Crippen molar-refractivity contribution in [1.82, 2.24) is 24.8 Å². The molecule has 1 amide bonds. The number of fused-ring (bicyclic) bond motifs is 1. The number of likely N-dealkylation sites (N-methyl/N-ethyl adjacent to an activating group) is 1. The molecule has 8 heteroatoms. The molecule has 23 heavy (non-hydrogen) atoms. The van der Waals surface area contributed by atoms with Crippen LogP contribution in [-0.2, 0) is 4.74 Å². The number of rotatable bonds is 4. The van der Waals surface area contributed by atoms with Gasteiger partial charge in [-0.25, -0.2) is 0 Å². The van der Waals surface area contributed by atoms with Crippen molar-refractivity contribution in [2.24, 2.45) is 0 Å². The molecule has 1 saturated heterocycles. The van der Waals surface area contributed by atoms with Gasteiger partial charge in [0.2, 0.25) is 0 Å². The molecular weight excluding hydrogens is 298 g/mol. The third kappa shape index (κ3) is 2.80. The van der Waals surface area contributed by atoms with E-state index in [-0.39, 0.29) is 18.6 Å². The van der Waals surface area contributed by atoms with E-state index in [9.17, 15) is 9.90 Å². The largest absolute Gasteiger partial charge is 0.394 e. The zero-order valence-corrected chi connectivity index (χ0v) is 13.3. The smallest absolute Gasteiger partial charge is 0.268 e. The van der Waals surface area contributed by atoms with Gasteiger partial charge in [0.1, 0.15) is 12.0 Å². The van der Waals surface area contributed by atoms with Gasteiger partial charge in [-0.1, -0.05) is 6.07 Å². The van der Waals surface area contributed by atoms with E-state index in [1.54, 1.807) is 22.6 Å². The van der Waals surface area contributed by atoms with Crippen molar-refractivity contribution in [2.45, 2.75) is 18.5 Å². The number of amides is 1. The topological polar surface area (TPSA) is 92.0 Å². The Morgan fingerprint density at radius 1 is 1.57 bits per heavy atom. The Kier molecular flexibility index (Phi) is 4.29. The standard InChI is InChI=1S/C15H21N5O3/c1-11-6-23-9-15(8-21,19(11)2)7-16-14(22)12-4-3-5-13-18-17-10-20(12)13/h3-5,10-11,21H,6-9H2,1-2H3,(H,16,22)/t11-,15+/m1/s1. The number of nitrogens with one attached hydrogen (secondary N) is 1. The Balaban J connectivity index is 1.76. The van der Waals surface area contributed by atoms with Gasteiger partial charge in [0.25, 0.3) is 5.91 Å².